The number of halogens is 2. The summed E-state index contributed by atoms with van der Waals surface area (Å²) in [6.45, 7) is 2.16. The summed E-state index contributed by atoms with van der Waals surface area (Å²) in [6, 6.07) is 0. The molecule has 1 unspecified atom stereocenters. The van der Waals surface area contributed by atoms with Gasteiger partial charge < -0.3 is 5.73 Å². The molecular formula is C6H14F2N2O2S. The van der Waals surface area contributed by atoms with Crippen molar-refractivity contribution in [3.8, 4) is 0 Å². The first-order valence-electron chi connectivity index (χ1n) is 3.87. The van der Waals surface area contributed by atoms with Crippen LogP contribution in [0.4, 0.5) is 8.78 Å². The van der Waals surface area contributed by atoms with Crippen LogP contribution < -0.4 is 10.5 Å². The van der Waals surface area contributed by atoms with Gasteiger partial charge in [0, 0.05) is 6.54 Å². The molecule has 0 aromatic carbocycles. The normalized spacial score (nSPS) is 14.8. The van der Waals surface area contributed by atoms with Crippen LogP contribution in [0.25, 0.3) is 0 Å². The molecule has 0 aromatic heterocycles. The van der Waals surface area contributed by atoms with Gasteiger partial charge in [-0.2, -0.15) is 8.78 Å². The predicted octanol–water partition coefficient (Wildman–Crippen LogP) is 0.113. The van der Waals surface area contributed by atoms with E-state index in [1.54, 1.807) is 6.92 Å². The highest BCUT2D eigenvalue weighted by Crippen LogP contribution is 2.04. The van der Waals surface area contributed by atoms with Crippen molar-refractivity contribution >= 4 is 10.0 Å². The van der Waals surface area contributed by atoms with E-state index in [2.05, 4.69) is 0 Å². The fraction of sp³-hybridized carbons (Fsp3) is 1.00. The number of hydrogen-bond acceptors (Lipinski definition) is 3. The third kappa shape index (κ3) is 5.12. The van der Waals surface area contributed by atoms with Crippen molar-refractivity contribution in [1.29, 1.82) is 0 Å². The fourth-order valence-corrected chi connectivity index (χ4v) is 1.35. The van der Waals surface area contributed by atoms with Gasteiger partial charge in [0.2, 0.25) is 0 Å². The van der Waals surface area contributed by atoms with E-state index in [-0.39, 0.29) is 12.5 Å². The van der Waals surface area contributed by atoms with Crippen molar-refractivity contribution in [2.24, 2.45) is 11.7 Å². The van der Waals surface area contributed by atoms with Crippen molar-refractivity contribution < 1.29 is 17.2 Å². The Kier molecular flexibility index (Phi) is 5.34. The Balaban J connectivity index is 3.89. The highest BCUT2D eigenvalue weighted by molar-refractivity contribution is 7.89. The van der Waals surface area contributed by atoms with Crippen LogP contribution in [-0.4, -0.2) is 27.3 Å². The van der Waals surface area contributed by atoms with Crippen LogP contribution in [-0.2, 0) is 10.0 Å². The highest BCUT2D eigenvalue weighted by atomic mass is 32.2. The van der Waals surface area contributed by atoms with Gasteiger partial charge in [-0.3, -0.25) is 0 Å². The summed E-state index contributed by atoms with van der Waals surface area (Å²) < 4.78 is 46.5. The van der Waals surface area contributed by atoms with E-state index in [1.165, 1.54) is 0 Å². The Bertz CT molecular complexity index is 231. The van der Waals surface area contributed by atoms with Crippen molar-refractivity contribution in [3.05, 3.63) is 0 Å². The van der Waals surface area contributed by atoms with Crippen LogP contribution in [0.2, 0.25) is 0 Å². The van der Waals surface area contributed by atoms with Crippen LogP contribution in [0, 0.1) is 5.92 Å². The smallest absolute Gasteiger partial charge is 0.330 e. The molecule has 13 heavy (non-hydrogen) atoms. The van der Waals surface area contributed by atoms with E-state index in [0.29, 0.717) is 13.0 Å². The summed E-state index contributed by atoms with van der Waals surface area (Å²) in [5.74, 6) is -3.39. The summed E-state index contributed by atoms with van der Waals surface area (Å²) >= 11 is 0. The molecule has 7 heteroatoms. The number of hydrogen-bond donors (Lipinski definition) is 2. The van der Waals surface area contributed by atoms with Crippen LogP contribution in [0.5, 0.6) is 0 Å². The van der Waals surface area contributed by atoms with E-state index in [9.17, 15) is 17.2 Å². The van der Waals surface area contributed by atoms with Crippen LogP contribution in [0.3, 0.4) is 0 Å². The van der Waals surface area contributed by atoms with Gasteiger partial charge in [-0.15, -0.1) is 0 Å². The number of nitrogens with two attached hydrogens (primary N) is 1. The minimum absolute atomic E-state index is 0.00384. The van der Waals surface area contributed by atoms with E-state index in [1.807, 2.05) is 4.72 Å². The number of rotatable bonds is 6. The standard InChI is InChI=1S/C6H14F2N2O2S/c1-5(2-3-9)4-10-13(11,12)6(7)8/h5-6,10H,2-4,9H2,1H3. The lowest BCUT2D eigenvalue weighted by atomic mass is 10.1. The average molecular weight is 216 g/mol. The van der Waals surface area contributed by atoms with Crippen LogP contribution in [0.1, 0.15) is 13.3 Å². The molecule has 0 radical (unpaired) electrons. The lowest BCUT2D eigenvalue weighted by Crippen LogP contribution is -2.33. The molecule has 0 fully saturated rings. The zero-order valence-corrected chi connectivity index (χ0v) is 8.15. The molecular weight excluding hydrogens is 202 g/mol. The molecule has 0 saturated carbocycles. The van der Waals surface area contributed by atoms with E-state index < -0.39 is 15.8 Å². The summed E-state index contributed by atoms with van der Waals surface area (Å²) in [7, 11) is -4.44. The molecule has 0 bridgehead atoms. The Labute approximate surface area is 76.5 Å². The van der Waals surface area contributed by atoms with Crippen molar-refractivity contribution in [2.45, 2.75) is 19.1 Å². The molecule has 80 valence electrons. The van der Waals surface area contributed by atoms with Gasteiger partial charge in [-0.1, -0.05) is 6.92 Å². The molecule has 0 saturated heterocycles. The fourth-order valence-electron chi connectivity index (χ4n) is 0.708. The molecule has 0 heterocycles. The molecule has 0 spiro atoms. The van der Waals surface area contributed by atoms with Gasteiger partial charge in [-0.05, 0) is 18.9 Å². The van der Waals surface area contributed by atoms with Crippen LogP contribution in [0.15, 0.2) is 0 Å². The minimum Gasteiger partial charge on any atom is -0.330 e. The third-order valence-corrected chi connectivity index (χ3v) is 2.57. The number of sulfonamides is 1. The highest BCUT2D eigenvalue weighted by Gasteiger charge is 2.23. The topological polar surface area (TPSA) is 72.2 Å². The molecule has 0 amide bonds. The Morgan fingerprint density at radius 2 is 2.00 bits per heavy atom. The van der Waals surface area contributed by atoms with Crippen molar-refractivity contribution in [3.63, 3.8) is 0 Å². The van der Waals surface area contributed by atoms with Crippen LogP contribution >= 0.6 is 0 Å². The van der Waals surface area contributed by atoms with Crippen molar-refractivity contribution in [2.75, 3.05) is 13.1 Å². The van der Waals surface area contributed by atoms with Gasteiger partial charge in [0.15, 0.2) is 0 Å². The SMILES string of the molecule is CC(CCN)CNS(=O)(=O)C(F)F. The predicted molar refractivity (Wildman–Crippen MR) is 45.8 cm³/mol. The Morgan fingerprint density at radius 3 is 2.38 bits per heavy atom. The second-order valence-corrected chi connectivity index (χ2v) is 4.57. The lowest BCUT2D eigenvalue weighted by Gasteiger charge is -2.10. The number of nitrogens with one attached hydrogen (secondary N) is 1. The summed E-state index contributed by atoms with van der Waals surface area (Å²) in [4.78, 5) is 0. The van der Waals surface area contributed by atoms with Gasteiger partial charge in [0.1, 0.15) is 0 Å². The van der Waals surface area contributed by atoms with Gasteiger partial charge in [-0.25, -0.2) is 13.1 Å². The lowest BCUT2D eigenvalue weighted by molar-refractivity contribution is 0.232. The largest absolute Gasteiger partial charge is 0.350 e. The zero-order valence-electron chi connectivity index (χ0n) is 7.33. The second-order valence-electron chi connectivity index (χ2n) is 2.84. The van der Waals surface area contributed by atoms with Crippen molar-refractivity contribution in [1.82, 2.24) is 4.72 Å². The third-order valence-electron chi connectivity index (χ3n) is 1.53. The zero-order chi connectivity index (χ0) is 10.5. The first-order chi connectivity index (χ1) is 5.90. The van der Waals surface area contributed by atoms with Gasteiger partial charge >= 0.3 is 5.76 Å². The Morgan fingerprint density at radius 1 is 1.46 bits per heavy atom. The van der Waals surface area contributed by atoms with Gasteiger partial charge in [0.05, 0.1) is 0 Å². The Hall–Kier alpha value is -0.270. The minimum atomic E-state index is -4.44. The first kappa shape index (κ1) is 12.7. The monoisotopic (exact) mass is 216 g/mol. The van der Waals surface area contributed by atoms with E-state index in [0.717, 1.165) is 0 Å². The second kappa shape index (κ2) is 5.46. The quantitative estimate of drug-likeness (QED) is 0.662. The maximum atomic E-state index is 11.8. The first-order valence-corrected chi connectivity index (χ1v) is 5.41. The van der Waals surface area contributed by atoms with E-state index >= 15 is 0 Å². The molecule has 1 atom stereocenters. The average Bonchev–Trinajstić information content (AvgIpc) is 2.01. The summed E-state index contributed by atoms with van der Waals surface area (Å²) in [5.41, 5.74) is 5.20. The molecule has 0 aliphatic rings. The molecule has 0 rings (SSSR count). The molecule has 0 aliphatic carbocycles. The van der Waals surface area contributed by atoms with Gasteiger partial charge in [0.25, 0.3) is 10.0 Å². The molecule has 0 aliphatic heterocycles. The van der Waals surface area contributed by atoms with E-state index in [4.69, 9.17) is 5.73 Å². The maximum absolute atomic E-state index is 11.8. The number of alkyl halides is 2. The molecule has 3 N–H and O–H groups in total. The summed E-state index contributed by atoms with van der Waals surface area (Å²) in [6.07, 6.45) is 0.603. The molecule has 0 aromatic rings. The molecule has 4 nitrogen and oxygen atoms in total. The summed E-state index contributed by atoms with van der Waals surface area (Å²) in [5, 5.41) is 0. The maximum Gasteiger partial charge on any atom is 0.350 e.